The summed E-state index contributed by atoms with van der Waals surface area (Å²) in [6.45, 7) is 2.43. The highest BCUT2D eigenvalue weighted by Gasteiger charge is 2.31. The summed E-state index contributed by atoms with van der Waals surface area (Å²) in [6.07, 6.45) is -2.54. The first-order valence-electron chi connectivity index (χ1n) is 9.95. The summed E-state index contributed by atoms with van der Waals surface area (Å²) in [7, 11) is 0. The van der Waals surface area contributed by atoms with Crippen LogP contribution >= 0.6 is 0 Å². The van der Waals surface area contributed by atoms with Gasteiger partial charge in [0.25, 0.3) is 5.91 Å². The molecule has 0 unspecified atom stereocenters. The minimum Gasteiger partial charge on any atom is -0.491 e. The summed E-state index contributed by atoms with van der Waals surface area (Å²) in [6, 6.07) is 9.64. The van der Waals surface area contributed by atoms with Crippen LogP contribution in [0.2, 0.25) is 0 Å². The van der Waals surface area contributed by atoms with Crippen molar-refractivity contribution in [3.05, 3.63) is 48.0 Å². The lowest BCUT2D eigenvalue weighted by Crippen LogP contribution is -2.23. The van der Waals surface area contributed by atoms with Crippen LogP contribution in [0.3, 0.4) is 0 Å². The summed E-state index contributed by atoms with van der Waals surface area (Å²) >= 11 is 0. The van der Waals surface area contributed by atoms with Crippen LogP contribution in [0.25, 0.3) is 0 Å². The fourth-order valence-electron chi connectivity index (χ4n) is 3.12. The number of hydrogen-bond donors (Lipinski definition) is 1. The summed E-state index contributed by atoms with van der Waals surface area (Å²) in [5, 5.41) is 2.42. The third-order valence-corrected chi connectivity index (χ3v) is 4.63. The first kappa shape index (κ1) is 22.5. The van der Waals surface area contributed by atoms with Gasteiger partial charge in [-0.1, -0.05) is 6.92 Å². The van der Waals surface area contributed by atoms with E-state index in [2.05, 4.69) is 5.32 Å². The van der Waals surface area contributed by atoms with E-state index >= 15 is 0 Å². The average Bonchev–Trinajstić information content (AvgIpc) is 3.17. The molecule has 2 amide bonds. The molecule has 9 heteroatoms. The van der Waals surface area contributed by atoms with Gasteiger partial charge in [0.2, 0.25) is 5.91 Å². The number of amides is 2. The number of alkyl halides is 3. The van der Waals surface area contributed by atoms with E-state index in [0.717, 1.165) is 24.2 Å². The predicted molar refractivity (Wildman–Crippen MR) is 109 cm³/mol. The number of carbonyl (C=O) groups is 2. The molecule has 3 rings (SSSR count). The van der Waals surface area contributed by atoms with Crippen LogP contribution in [0, 0.1) is 0 Å². The quantitative estimate of drug-likeness (QED) is 0.655. The molecular weight excluding hydrogens is 413 g/mol. The molecule has 0 saturated carbocycles. The Morgan fingerprint density at radius 1 is 1.13 bits per heavy atom. The van der Waals surface area contributed by atoms with Gasteiger partial charge in [0.1, 0.15) is 11.5 Å². The standard InChI is InChI=1S/C22H23F3N2O4/c1-2-12-30-19-10-5-15(22(23,24)25)13-18(19)26-20(28)14-31-17-8-6-16(7-9-17)27-11-3-4-21(27)29/h5-10,13H,2-4,11-12,14H2,1H3,(H,26,28). The Kier molecular flexibility index (Phi) is 7.04. The lowest BCUT2D eigenvalue weighted by Gasteiger charge is -2.16. The largest absolute Gasteiger partial charge is 0.491 e. The molecule has 166 valence electrons. The van der Waals surface area contributed by atoms with Gasteiger partial charge in [-0.2, -0.15) is 13.2 Å². The van der Waals surface area contributed by atoms with Crippen LogP contribution in [-0.2, 0) is 15.8 Å². The van der Waals surface area contributed by atoms with Gasteiger partial charge in [-0.15, -0.1) is 0 Å². The van der Waals surface area contributed by atoms with Crippen molar-refractivity contribution in [2.24, 2.45) is 0 Å². The van der Waals surface area contributed by atoms with E-state index in [1.54, 1.807) is 29.2 Å². The molecule has 1 N–H and O–H groups in total. The summed E-state index contributed by atoms with van der Waals surface area (Å²) in [5.74, 6) is -0.00502. The van der Waals surface area contributed by atoms with Crippen molar-refractivity contribution in [1.82, 2.24) is 0 Å². The average molecular weight is 436 g/mol. The van der Waals surface area contributed by atoms with Crippen LogP contribution in [0.1, 0.15) is 31.7 Å². The maximum atomic E-state index is 13.0. The van der Waals surface area contributed by atoms with Gasteiger partial charge in [0.05, 0.1) is 17.9 Å². The maximum Gasteiger partial charge on any atom is 0.416 e. The molecule has 0 aliphatic carbocycles. The number of anilines is 2. The van der Waals surface area contributed by atoms with Gasteiger partial charge < -0.3 is 19.7 Å². The monoisotopic (exact) mass is 436 g/mol. The Morgan fingerprint density at radius 2 is 1.87 bits per heavy atom. The number of ether oxygens (including phenoxy) is 2. The van der Waals surface area contributed by atoms with Crippen molar-refractivity contribution in [1.29, 1.82) is 0 Å². The molecule has 0 bridgehead atoms. The molecular formula is C22H23F3N2O4. The Balaban J connectivity index is 1.62. The first-order chi connectivity index (χ1) is 14.8. The van der Waals surface area contributed by atoms with Crippen molar-refractivity contribution in [3.8, 4) is 11.5 Å². The number of hydrogen-bond acceptors (Lipinski definition) is 4. The normalized spacial score (nSPS) is 13.9. The second kappa shape index (κ2) is 9.72. The highest BCUT2D eigenvalue weighted by atomic mass is 19.4. The van der Waals surface area contributed by atoms with Crippen molar-refractivity contribution in [2.75, 3.05) is 30.0 Å². The molecule has 6 nitrogen and oxygen atoms in total. The minimum absolute atomic E-state index is 0.0650. The second-order valence-electron chi connectivity index (χ2n) is 7.04. The van der Waals surface area contributed by atoms with Crippen LogP contribution < -0.4 is 19.7 Å². The molecule has 1 heterocycles. The highest BCUT2D eigenvalue weighted by molar-refractivity contribution is 5.95. The topological polar surface area (TPSA) is 67.9 Å². The van der Waals surface area contributed by atoms with Gasteiger partial charge in [-0.25, -0.2) is 0 Å². The Morgan fingerprint density at radius 3 is 2.48 bits per heavy atom. The Bertz CT molecular complexity index is 929. The van der Waals surface area contributed by atoms with Gasteiger partial charge in [-0.3, -0.25) is 9.59 Å². The number of halogens is 3. The Labute approximate surface area is 177 Å². The summed E-state index contributed by atoms with van der Waals surface area (Å²) < 4.78 is 49.9. The fraction of sp³-hybridized carbons (Fsp3) is 0.364. The van der Waals surface area contributed by atoms with E-state index in [1.807, 2.05) is 6.92 Å². The number of carbonyl (C=O) groups excluding carboxylic acids is 2. The molecule has 0 spiro atoms. The Hall–Kier alpha value is -3.23. The SMILES string of the molecule is CCCOc1ccc(C(F)(F)F)cc1NC(=O)COc1ccc(N2CCCC2=O)cc1. The zero-order valence-electron chi connectivity index (χ0n) is 17.0. The third kappa shape index (κ3) is 5.90. The summed E-state index contributed by atoms with van der Waals surface area (Å²) in [5.41, 5.74) is -0.208. The first-order valence-corrected chi connectivity index (χ1v) is 9.95. The van der Waals surface area contributed by atoms with E-state index in [9.17, 15) is 22.8 Å². The number of nitrogens with one attached hydrogen (secondary N) is 1. The van der Waals surface area contributed by atoms with Crippen molar-refractivity contribution >= 4 is 23.2 Å². The molecule has 31 heavy (non-hydrogen) atoms. The van der Waals surface area contributed by atoms with Gasteiger partial charge in [0.15, 0.2) is 6.61 Å². The van der Waals surface area contributed by atoms with Crippen LogP contribution in [-0.4, -0.2) is 31.6 Å². The van der Waals surface area contributed by atoms with Crippen LogP contribution in [0.4, 0.5) is 24.5 Å². The zero-order valence-corrected chi connectivity index (χ0v) is 17.0. The van der Waals surface area contributed by atoms with Gasteiger partial charge in [-0.05, 0) is 55.3 Å². The second-order valence-corrected chi connectivity index (χ2v) is 7.04. The van der Waals surface area contributed by atoms with Crippen molar-refractivity contribution in [3.63, 3.8) is 0 Å². The predicted octanol–water partition coefficient (Wildman–Crippen LogP) is 4.64. The lowest BCUT2D eigenvalue weighted by atomic mass is 10.1. The minimum atomic E-state index is -4.54. The molecule has 1 aliphatic rings. The molecule has 2 aromatic carbocycles. The lowest BCUT2D eigenvalue weighted by molar-refractivity contribution is -0.137. The van der Waals surface area contributed by atoms with E-state index < -0.39 is 24.3 Å². The van der Waals surface area contributed by atoms with Gasteiger partial charge in [0, 0.05) is 18.7 Å². The third-order valence-electron chi connectivity index (χ3n) is 4.63. The molecule has 1 fully saturated rings. The number of rotatable bonds is 8. The van der Waals surface area contributed by atoms with Gasteiger partial charge >= 0.3 is 6.18 Å². The van der Waals surface area contributed by atoms with Crippen LogP contribution in [0.15, 0.2) is 42.5 Å². The fourth-order valence-corrected chi connectivity index (χ4v) is 3.12. The smallest absolute Gasteiger partial charge is 0.416 e. The van der Waals surface area contributed by atoms with E-state index in [-0.39, 0.29) is 17.3 Å². The van der Waals surface area contributed by atoms with E-state index in [1.165, 1.54) is 6.07 Å². The summed E-state index contributed by atoms with van der Waals surface area (Å²) in [4.78, 5) is 25.7. The number of benzene rings is 2. The van der Waals surface area contributed by atoms with Crippen LogP contribution in [0.5, 0.6) is 11.5 Å². The highest BCUT2D eigenvalue weighted by Crippen LogP contribution is 2.35. The molecule has 0 radical (unpaired) electrons. The van der Waals surface area contributed by atoms with E-state index in [4.69, 9.17) is 9.47 Å². The molecule has 0 aromatic heterocycles. The zero-order chi connectivity index (χ0) is 22.4. The van der Waals surface area contributed by atoms with E-state index in [0.29, 0.717) is 31.7 Å². The molecule has 1 saturated heterocycles. The molecule has 0 atom stereocenters. The molecule has 1 aliphatic heterocycles. The molecule has 2 aromatic rings. The van der Waals surface area contributed by atoms with Crippen molar-refractivity contribution < 1.29 is 32.2 Å². The number of nitrogens with zero attached hydrogens (tertiary/aromatic N) is 1. The maximum absolute atomic E-state index is 13.0. The van der Waals surface area contributed by atoms with Crippen molar-refractivity contribution in [2.45, 2.75) is 32.4 Å².